The summed E-state index contributed by atoms with van der Waals surface area (Å²) in [5.41, 5.74) is 0. The summed E-state index contributed by atoms with van der Waals surface area (Å²) in [6.45, 7) is 14.9. The van der Waals surface area contributed by atoms with Gasteiger partial charge in [0, 0.05) is 6.42 Å². The molecule has 0 aliphatic carbocycles. The Hall–Kier alpha value is -0.473. The average Bonchev–Trinajstić information content (AvgIpc) is 2.98. The van der Waals surface area contributed by atoms with Crippen molar-refractivity contribution in [1.29, 1.82) is 0 Å². The van der Waals surface area contributed by atoms with Gasteiger partial charge in [-0.05, 0) is 38.4 Å². The second kappa shape index (κ2) is 6.68. The third-order valence-electron chi connectivity index (χ3n) is 5.27. The van der Waals surface area contributed by atoms with Gasteiger partial charge in [0.15, 0.2) is 14.1 Å². The van der Waals surface area contributed by atoms with E-state index in [0.29, 0.717) is 19.4 Å². The molecule has 0 aromatic rings. The summed E-state index contributed by atoms with van der Waals surface area (Å²) in [5, 5.41) is 10.7. The highest BCUT2D eigenvalue weighted by Gasteiger charge is 2.49. The lowest BCUT2D eigenvalue weighted by Crippen LogP contribution is -2.48. The van der Waals surface area contributed by atoms with E-state index >= 15 is 0 Å². The van der Waals surface area contributed by atoms with E-state index in [1.54, 1.807) is 0 Å². The summed E-state index contributed by atoms with van der Waals surface area (Å²) < 4.78 is 23.3. The summed E-state index contributed by atoms with van der Waals surface area (Å²) in [4.78, 5) is 11.3. The minimum atomic E-state index is -1.93. The molecule has 24 heavy (non-hydrogen) atoms. The number of esters is 1. The zero-order valence-electron chi connectivity index (χ0n) is 15.9. The molecule has 0 radical (unpaired) electrons. The molecule has 4 atom stereocenters. The zero-order chi connectivity index (χ0) is 18.3. The van der Waals surface area contributed by atoms with E-state index in [9.17, 15) is 9.90 Å². The van der Waals surface area contributed by atoms with Crippen LogP contribution in [0.15, 0.2) is 0 Å². The lowest BCUT2D eigenvalue weighted by Gasteiger charge is -2.37. The summed E-state index contributed by atoms with van der Waals surface area (Å²) in [6.07, 6.45) is -1.55. The van der Waals surface area contributed by atoms with Crippen LogP contribution in [0.1, 0.15) is 47.5 Å². The van der Waals surface area contributed by atoms with Crippen molar-refractivity contribution in [3.05, 3.63) is 0 Å². The quantitative estimate of drug-likeness (QED) is 0.600. The van der Waals surface area contributed by atoms with Crippen LogP contribution in [0.3, 0.4) is 0 Å². The first kappa shape index (κ1) is 19.8. The number of aliphatic hydroxyl groups excluding tert-OH is 1. The van der Waals surface area contributed by atoms with E-state index in [0.717, 1.165) is 0 Å². The van der Waals surface area contributed by atoms with Gasteiger partial charge in [0.1, 0.15) is 24.4 Å². The molecule has 2 aliphatic heterocycles. The van der Waals surface area contributed by atoms with Crippen molar-refractivity contribution in [3.63, 3.8) is 0 Å². The number of carbonyl (C=O) groups excluding carboxylic acids is 1. The standard InChI is InChI=1S/C17H32O6Si/c1-16(2,3)24(6,7)20-10-12-15(23-17(4,5)22-12)14(19)11-8-9-13(18)21-11/h11-12,14-15,19H,8-10H2,1-7H3/t11-,12-,14+,15-/m1/s1. The molecule has 0 aromatic heterocycles. The molecule has 0 aromatic carbocycles. The highest BCUT2D eigenvalue weighted by Crippen LogP contribution is 2.38. The molecule has 2 heterocycles. The minimum absolute atomic E-state index is 0.0943. The van der Waals surface area contributed by atoms with Crippen molar-refractivity contribution in [1.82, 2.24) is 0 Å². The van der Waals surface area contributed by atoms with Gasteiger partial charge in [-0.25, -0.2) is 0 Å². The Morgan fingerprint density at radius 3 is 2.46 bits per heavy atom. The molecule has 1 N–H and O–H groups in total. The van der Waals surface area contributed by atoms with Crippen LogP contribution < -0.4 is 0 Å². The summed E-state index contributed by atoms with van der Waals surface area (Å²) in [7, 11) is -1.93. The summed E-state index contributed by atoms with van der Waals surface area (Å²) >= 11 is 0. The van der Waals surface area contributed by atoms with Gasteiger partial charge in [-0.15, -0.1) is 0 Å². The average molecular weight is 361 g/mol. The van der Waals surface area contributed by atoms with Crippen LogP contribution in [0.25, 0.3) is 0 Å². The maximum absolute atomic E-state index is 11.3. The number of cyclic esters (lactones) is 1. The van der Waals surface area contributed by atoms with Gasteiger partial charge in [0.05, 0.1) is 6.61 Å². The van der Waals surface area contributed by atoms with Crippen LogP contribution in [0, 0.1) is 0 Å². The number of rotatable bonds is 5. The van der Waals surface area contributed by atoms with Gasteiger partial charge in [-0.3, -0.25) is 4.79 Å². The molecule has 0 saturated carbocycles. The molecule has 2 rings (SSSR count). The van der Waals surface area contributed by atoms with Crippen molar-refractivity contribution < 1.29 is 28.5 Å². The van der Waals surface area contributed by atoms with Gasteiger partial charge < -0.3 is 23.7 Å². The second-order valence-corrected chi connectivity index (χ2v) is 13.6. The van der Waals surface area contributed by atoms with Crippen molar-refractivity contribution in [2.24, 2.45) is 0 Å². The van der Waals surface area contributed by atoms with Crippen molar-refractivity contribution in [2.75, 3.05) is 6.61 Å². The first-order valence-corrected chi connectivity index (χ1v) is 11.6. The first-order chi connectivity index (χ1) is 10.8. The maximum Gasteiger partial charge on any atom is 0.306 e. The number of carbonyl (C=O) groups is 1. The maximum atomic E-state index is 11.3. The molecule has 0 amide bonds. The largest absolute Gasteiger partial charge is 0.459 e. The predicted octanol–water partition coefficient (Wildman–Crippen LogP) is 2.59. The third-order valence-corrected chi connectivity index (χ3v) is 9.77. The third kappa shape index (κ3) is 4.38. The lowest BCUT2D eigenvalue weighted by molar-refractivity contribution is -0.167. The van der Waals surface area contributed by atoms with Crippen molar-refractivity contribution in [2.45, 2.75) is 95.8 Å². The molecule has 2 aliphatic rings. The van der Waals surface area contributed by atoms with E-state index in [1.807, 2.05) is 13.8 Å². The fraction of sp³-hybridized carbons (Fsp3) is 0.941. The molecular formula is C17H32O6Si. The van der Waals surface area contributed by atoms with Crippen molar-refractivity contribution in [3.8, 4) is 0 Å². The Balaban J connectivity index is 2.04. The van der Waals surface area contributed by atoms with Gasteiger partial charge in [0.25, 0.3) is 0 Å². The van der Waals surface area contributed by atoms with Crippen LogP contribution in [-0.2, 0) is 23.4 Å². The summed E-state index contributed by atoms with van der Waals surface area (Å²) in [5.74, 6) is -1.07. The Morgan fingerprint density at radius 1 is 1.33 bits per heavy atom. The molecule has 0 bridgehead atoms. The van der Waals surface area contributed by atoms with Crippen LogP contribution in [0.5, 0.6) is 0 Å². The molecule has 0 unspecified atom stereocenters. The Labute approximate surface area is 145 Å². The molecule has 140 valence electrons. The number of ether oxygens (including phenoxy) is 3. The Kier molecular flexibility index (Phi) is 5.53. The molecule has 7 heteroatoms. The van der Waals surface area contributed by atoms with Gasteiger partial charge in [0.2, 0.25) is 0 Å². The topological polar surface area (TPSA) is 74.2 Å². The van der Waals surface area contributed by atoms with E-state index in [4.69, 9.17) is 18.6 Å². The van der Waals surface area contributed by atoms with E-state index in [-0.39, 0.29) is 17.1 Å². The molecule has 2 saturated heterocycles. The van der Waals surface area contributed by atoms with Gasteiger partial charge in [-0.2, -0.15) is 0 Å². The highest BCUT2D eigenvalue weighted by atomic mass is 28.4. The second-order valence-electron chi connectivity index (χ2n) is 8.77. The lowest BCUT2D eigenvalue weighted by atomic mass is 10.0. The molecule has 0 spiro atoms. The fourth-order valence-corrected chi connectivity index (χ4v) is 3.80. The van der Waals surface area contributed by atoms with Crippen LogP contribution in [-0.4, -0.2) is 56.2 Å². The highest BCUT2D eigenvalue weighted by molar-refractivity contribution is 6.74. The number of hydrogen-bond acceptors (Lipinski definition) is 6. The first-order valence-electron chi connectivity index (χ1n) is 8.69. The molecular weight excluding hydrogens is 328 g/mol. The van der Waals surface area contributed by atoms with Crippen LogP contribution >= 0.6 is 0 Å². The van der Waals surface area contributed by atoms with Gasteiger partial charge in [-0.1, -0.05) is 20.8 Å². The predicted molar refractivity (Wildman–Crippen MR) is 92.1 cm³/mol. The Bertz CT molecular complexity index is 470. The smallest absolute Gasteiger partial charge is 0.306 e. The van der Waals surface area contributed by atoms with E-state index in [2.05, 4.69) is 33.9 Å². The fourth-order valence-electron chi connectivity index (χ4n) is 2.79. The number of hydrogen-bond donors (Lipinski definition) is 1. The SMILES string of the molecule is CC1(C)O[C@@H]([C@@H](O)[C@H]2CCC(=O)O2)[C@@H](CO[Si](C)(C)C(C)(C)C)O1. The van der Waals surface area contributed by atoms with E-state index < -0.39 is 32.4 Å². The molecule has 2 fully saturated rings. The normalized spacial score (nSPS) is 32.0. The minimum Gasteiger partial charge on any atom is -0.459 e. The van der Waals surface area contributed by atoms with Crippen LogP contribution in [0.4, 0.5) is 0 Å². The molecule has 6 nitrogen and oxygen atoms in total. The monoisotopic (exact) mass is 360 g/mol. The van der Waals surface area contributed by atoms with Crippen LogP contribution in [0.2, 0.25) is 18.1 Å². The Morgan fingerprint density at radius 2 is 1.96 bits per heavy atom. The number of aliphatic hydroxyl groups is 1. The zero-order valence-corrected chi connectivity index (χ0v) is 16.9. The summed E-state index contributed by atoms with van der Waals surface area (Å²) in [6, 6.07) is 0. The van der Waals surface area contributed by atoms with Gasteiger partial charge >= 0.3 is 5.97 Å². The van der Waals surface area contributed by atoms with Crippen molar-refractivity contribution >= 4 is 14.3 Å². The van der Waals surface area contributed by atoms with E-state index in [1.165, 1.54) is 0 Å².